The Kier molecular flexibility index (Phi) is 4.44. The molecule has 0 saturated carbocycles. The van der Waals surface area contributed by atoms with Crippen LogP contribution in [0, 0.1) is 11.6 Å². The van der Waals surface area contributed by atoms with Gasteiger partial charge in [0.2, 0.25) is 0 Å². The van der Waals surface area contributed by atoms with E-state index < -0.39 is 29.3 Å². The highest BCUT2D eigenvalue weighted by Gasteiger charge is 2.29. The fraction of sp³-hybridized carbons (Fsp3) is 0.133. The molecule has 2 aromatic carbocycles. The topological polar surface area (TPSA) is 29.1 Å². The normalized spacial score (nSPS) is 11.3. The molecule has 22 heavy (non-hydrogen) atoms. The number of carbonyl (C=O) groups excluding carboxylic acids is 1. The fourth-order valence-electron chi connectivity index (χ4n) is 1.76. The van der Waals surface area contributed by atoms with Crippen LogP contribution in [0.25, 0.3) is 0 Å². The Balaban J connectivity index is 2.02. The van der Waals surface area contributed by atoms with Crippen LogP contribution in [-0.4, -0.2) is 5.91 Å². The van der Waals surface area contributed by atoms with Gasteiger partial charge >= 0.3 is 6.18 Å². The van der Waals surface area contributed by atoms with Crippen LogP contribution in [0.5, 0.6) is 0 Å². The first-order chi connectivity index (χ1) is 10.3. The number of hydrogen-bond acceptors (Lipinski definition) is 1. The van der Waals surface area contributed by atoms with Crippen molar-refractivity contribution in [3.8, 4) is 0 Å². The van der Waals surface area contributed by atoms with E-state index in [1.165, 1.54) is 12.1 Å². The number of hydrogen-bond donors (Lipinski definition) is 1. The minimum absolute atomic E-state index is 0.0756. The molecule has 0 unspecified atom stereocenters. The maximum absolute atomic E-state index is 13.4. The van der Waals surface area contributed by atoms with Gasteiger partial charge in [-0.25, -0.2) is 8.78 Å². The molecule has 7 heteroatoms. The van der Waals surface area contributed by atoms with E-state index in [-0.39, 0.29) is 12.1 Å². The first kappa shape index (κ1) is 15.9. The lowest BCUT2D eigenvalue weighted by Crippen LogP contribution is -2.24. The molecule has 0 aliphatic heterocycles. The van der Waals surface area contributed by atoms with Gasteiger partial charge in [0.1, 0.15) is 11.6 Å². The van der Waals surface area contributed by atoms with Crippen molar-refractivity contribution in [3.63, 3.8) is 0 Å². The molecule has 0 aliphatic rings. The van der Waals surface area contributed by atoms with Crippen molar-refractivity contribution in [2.75, 3.05) is 0 Å². The van der Waals surface area contributed by atoms with E-state index in [4.69, 9.17) is 0 Å². The molecule has 0 atom stereocenters. The maximum atomic E-state index is 13.4. The van der Waals surface area contributed by atoms with Gasteiger partial charge in [0, 0.05) is 12.6 Å². The summed E-state index contributed by atoms with van der Waals surface area (Å²) in [6.07, 6.45) is -4.43. The summed E-state index contributed by atoms with van der Waals surface area (Å²) < 4.78 is 63.3. The van der Waals surface area contributed by atoms with Crippen LogP contribution in [0.15, 0.2) is 42.5 Å². The van der Waals surface area contributed by atoms with Crippen molar-refractivity contribution in [1.82, 2.24) is 5.32 Å². The second-order valence-electron chi connectivity index (χ2n) is 4.50. The molecule has 0 heterocycles. The SMILES string of the molecule is O=C(NCc1ccc(C(F)(F)F)cc1)c1ccc(F)cc1F. The van der Waals surface area contributed by atoms with Gasteiger partial charge in [-0.05, 0) is 29.8 Å². The Morgan fingerprint density at radius 2 is 1.64 bits per heavy atom. The molecule has 0 fully saturated rings. The third-order valence-electron chi connectivity index (χ3n) is 2.91. The highest BCUT2D eigenvalue weighted by atomic mass is 19.4. The van der Waals surface area contributed by atoms with E-state index in [2.05, 4.69) is 5.32 Å². The molecule has 1 N–H and O–H groups in total. The molecule has 2 aromatic rings. The number of halogens is 5. The molecule has 0 aliphatic carbocycles. The van der Waals surface area contributed by atoms with Gasteiger partial charge in [-0.1, -0.05) is 12.1 Å². The summed E-state index contributed by atoms with van der Waals surface area (Å²) >= 11 is 0. The predicted molar refractivity (Wildman–Crippen MR) is 69.0 cm³/mol. The lowest BCUT2D eigenvalue weighted by atomic mass is 10.1. The van der Waals surface area contributed by atoms with Gasteiger partial charge in [-0.2, -0.15) is 13.2 Å². The lowest BCUT2D eigenvalue weighted by Gasteiger charge is -2.09. The van der Waals surface area contributed by atoms with Crippen molar-refractivity contribution in [2.45, 2.75) is 12.7 Å². The summed E-state index contributed by atoms with van der Waals surface area (Å²) in [4.78, 5) is 11.7. The van der Waals surface area contributed by atoms with Crippen LogP contribution in [0.1, 0.15) is 21.5 Å². The second kappa shape index (κ2) is 6.13. The fourth-order valence-corrected chi connectivity index (χ4v) is 1.76. The molecular formula is C15H10F5NO. The van der Waals surface area contributed by atoms with Crippen molar-refractivity contribution in [1.29, 1.82) is 0 Å². The maximum Gasteiger partial charge on any atom is 0.416 e. The number of amides is 1. The summed E-state index contributed by atoms with van der Waals surface area (Å²) in [5.74, 6) is -2.60. The van der Waals surface area contributed by atoms with E-state index in [9.17, 15) is 26.7 Å². The molecule has 116 valence electrons. The molecule has 2 nitrogen and oxygen atoms in total. The van der Waals surface area contributed by atoms with Crippen molar-refractivity contribution in [2.24, 2.45) is 0 Å². The van der Waals surface area contributed by atoms with E-state index in [1.807, 2.05) is 0 Å². The molecule has 1 amide bonds. The summed E-state index contributed by atoms with van der Waals surface area (Å²) in [6, 6.07) is 6.71. The van der Waals surface area contributed by atoms with Gasteiger partial charge in [-0.3, -0.25) is 4.79 Å². The zero-order valence-electron chi connectivity index (χ0n) is 11.0. The van der Waals surface area contributed by atoms with Crippen LogP contribution in [-0.2, 0) is 12.7 Å². The van der Waals surface area contributed by atoms with Crippen LogP contribution in [0.2, 0.25) is 0 Å². The summed E-state index contributed by atoms with van der Waals surface area (Å²) in [7, 11) is 0. The zero-order chi connectivity index (χ0) is 16.3. The zero-order valence-corrected chi connectivity index (χ0v) is 11.0. The summed E-state index contributed by atoms with van der Waals surface area (Å²) in [5, 5.41) is 2.35. The van der Waals surface area contributed by atoms with Crippen molar-refractivity contribution < 1.29 is 26.7 Å². The number of alkyl halides is 3. The monoisotopic (exact) mass is 315 g/mol. The van der Waals surface area contributed by atoms with Crippen molar-refractivity contribution in [3.05, 3.63) is 70.8 Å². The van der Waals surface area contributed by atoms with E-state index >= 15 is 0 Å². The molecule has 0 radical (unpaired) electrons. The number of nitrogens with one attached hydrogen (secondary N) is 1. The van der Waals surface area contributed by atoms with E-state index in [1.54, 1.807) is 0 Å². The number of rotatable bonds is 3. The van der Waals surface area contributed by atoms with Gasteiger partial charge in [0.05, 0.1) is 11.1 Å². The third kappa shape index (κ3) is 3.81. The molecule has 0 bridgehead atoms. The first-order valence-electron chi connectivity index (χ1n) is 6.17. The smallest absolute Gasteiger partial charge is 0.348 e. The van der Waals surface area contributed by atoms with Crippen LogP contribution in [0.4, 0.5) is 22.0 Å². The number of benzene rings is 2. The predicted octanol–water partition coefficient (Wildman–Crippen LogP) is 3.91. The Bertz CT molecular complexity index is 679. The quantitative estimate of drug-likeness (QED) is 0.855. The Labute approximate surface area is 122 Å². The lowest BCUT2D eigenvalue weighted by molar-refractivity contribution is -0.137. The van der Waals surface area contributed by atoms with Gasteiger partial charge in [-0.15, -0.1) is 0 Å². The van der Waals surface area contributed by atoms with E-state index in [0.29, 0.717) is 11.6 Å². The van der Waals surface area contributed by atoms with Crippen molar-refractivity contribution >= 4 is 5.91 Å². The van der Waals surface area contributed by atoms with Crippen LogP contribution < -0.4 is 5.32 Å². The first-order valence-corrected chi connectivity index (χ1v) is 6.17. The van der Waals surface area contributed by atoms with Crippen LogP contribution in [0.3, 0.4) is 0 Å². The Morgan fingerprint density at radius 3 is 2.18 bits per heavy atom. The number of carbonyl (C=O) groups is 1. The average Bonchev–Trinajstić information content (AvgIpc) is 2.44. The molecule has 0 saturated heterocycles. The molecule has 2 rings (SSSR count). The average molecular weight is 315 g/mol. The molecule has 0 spiro atoms. The largest absolute Gasteiger partial charge is 0.416 e. The Hall–Kier alpha value is -2.44. The van der Waals surface area contributed by atoms with Crippen LogP contribution >= 0.6 is 0 Å². The summed E-state index contributed by atoms with van der Waals surface area (Å²) in [5.41, 5.74) is -0.718. The van der Waals surface area contributed by atoms with E-state index in [0.717, 1.165) is 24.3 Å². The molecule has 0 aromatic heterocycles. The van der Waals surface area contributed by atoms with Gasteiger partial charge in [0.15, 0.2) is 0 Å². The summed E-state index contributed by atoms with van der Waals surface area (Å²) in [6.45, 7) is -0.0756. The minimum Gasteiger partial charge on any atom is -0.348 e. The highest BCUT2D eigenvalue weighted by Crippen LogP contribution is 2.29. The van der Waals surface area contributed by atoms with Gasteiger partial charge in [0.25, 0.3) is 5.91 Å². The third-order valence-corrected chi connectivity index (χ3v) is 2.91. The second-order valence-corrected chi connectivity index (χ2v) is 4.50. The molecular weight excluding hydrogens is 305 g/mol. The minimum atomic E-state index is -4.43. The highest BCUT2D eigenvalue weighted by molar-refractivity contribution is 5.94. The Morgan fingerprint density at radius 1 is 1.00 bits per heavy atom. The standard InChI is InChI=1S/C15H10F5NO/c16-11-5-6-12(13(17)7-11)14(22)21-8-9-1-3-10(4-2-9)15(18,19)20/h1-7H,8H2,(H,21,22). The van der Waals surface area contributed by atoms with Gasteiger partial charge < -0.3 is 5.32 Å².